The average molecular weight is 177 g/mol. The summed E-state index contributed by atoms with van der Waals surface area (Å²) in [5, 5.41) is 9.21. The summed E-state index contributed by atoms with van der Waals surface area (Å²) < 4.78 is 0. The van der Waals surface area contributed by atoms with Crippen molar-refractivity contribution in [3.05, 3.63) is 42.0 Å². The zero-order valence-corrected chi connectivity index (χ0v) is 8.04. The summed E-state index contributed by atoms with van der Waals surface area (Å²) in [4.78, 5) is 0. The number of hydrogen-bond donors (Lipinski definition) is 2. The van der Waals surface area contributed by atoms with E-state index in [-0.39, 0.29) is 5.75 Å². The second-order valence-electron chi connectivity index (χ2n) is 3.49. The minimum Gasteiger partial charge on any atom is -0.508 e. The van der Waals surface area contributed by atoms with Gasteiger partial charge >= 0.3 is 0 Å². The van der Waals surface area contributed by atoms with Crippen LogP contribution in [0.3, 0.4) is 0 Å². The van der Waals surface area contributed by atoms with E-state index in [4.69, 9.17) is 5.73 Å². The fraction of sp³-hybridized carbons (Fsp3) is 0.273. The fourth-order valence-electron chi connectivity index (χ4n) is 1.36. The van der Waals surface area contributed by atoms with E-state index in [1.165, 1.54) is 0 Å². The summed E-state index contributed by atoms with van der Waals surface area (Å²) in [5.74, 6) is 0.265. The summed E-state index contributed by atoms with van der Waals surface area (Å²) in [5.41, 5.74) is 7.42. The third-order valence-corrected chi connectivity index (χ3v) is 2.21. The Bertz CT molecular complexity index is 329. The normalized spacial score (nSPS) is 15.0. The second-order valence-corrected chi connectivity index (χ2v) is 3.49. The standard InChI is InChI=1S/C11H15NO/c1-4-11(3,12)10-6-5-9(13)7-8(10)2/h4-7,13H,1,12H2,2-3H3. The van der Waals surface area contributed by atoms with Gasteiger partial charge in [-0.3, -0.25) is 0 Å². The molecule has 1 atom stereocenters. The van der Waals surface area contributed by atoms with Crippen LogP contribution in [0.15, 0.2) is 30.9 Å². The molecule has 0 aliphatic heterocycles. The lowest BCUT2D eigenvalue weighted by molar-refractivity contribution is 0.473. The van der Waals surface area contributed by atoms with Gasteiger partial charge in [0.2, 0.25) is 0 Å². The van der Waals surface area contributed by atoms with E-state index in [0.29, 0.717) is 0 Å². The first kappa shape index (κ1) is 9.81. The molecule has 1 aromatic rings. The third-order valence-electron chi connectivity index (χ3n) is 2.21. The van der Waals surface area contributed by atoms with Crippen molar-refractivity contribution in [1.29, 1.82) is 0 Å². The van der Waals surface area contributed by atoms with Crippen molar-refractivity contribution in [3.63, 3.8) is 0 Å². The first-order valence-electron chi connectivity index (χ1n) is 4.20. The third kappa shape index (κ3) is 1.90. The molecule has 3 N–H and O–H groups in total. The van der Waals surface area contributed by atoms with Crippen LogP contribution in [0, 0.1) is 6.92 Å². The van der Waals surface area contributed by atoms with Crippen LogP contribution >= 0.6 is 0 Å². The molecule has 13 heavy (non-hydrogen) atoms. The largest absolute Gasteiger partial charge is 0.508 e. The van der Waals surface area contributed by atoms with Gasteiger partial charge in [0.15, 0.2) is 0 Å². The summed E-state index contributed by atoms with van der Waals surface area (Å²) in [7, 11) is 0. The topological polar surface area (TPSA) is 46.2 Å². The Labute approximate surface area is 78.7 Å². The quantitative estimate of drug-likeness (QED) is 0.679. The highest BCUT2D eigenvalue weighted by Gasteiger charge is 2.18. The van der Waals surface area contributed by atoms with Crippen molar-refractivity contribution in [3.8, 4) is 5.75 Å². The van der Waals surface area contributed by atoms with E-state index >= 15 is 0 Å². The van der Waals surface area contributed by atoms with E-state index in [1.54, 1.807) is 18.2 Å². The van der Waals surface area contributed by atoms with E-state index in [1.807, 2.05) is 19.9 Å². The Balaban J connectivity index is 3.23. The van der Waals surface area contributed by atoms with E-state index in [0.717, 1.165) is 11.1 Å². The molecule has 0 radical (unpaired) electrons. The molecule has 0 saturated heterocycles. The maximum Gasteiger partial charge on any atom is 0.115 e. The summed E-state index contributed by atoms with van der Waals surface area (Å²) in [6.45, 7) is 7.49. The molecule has 2 heteroatoms. The summed E-state index contributed by atoms with van der Waals surface area (Å²) >= 11 is 0. The Morgan fingerprint density at radius 3 is 2.62 bits per heavy atom. The number of aromatic hydroxyl groups is 1. The molecule has 1 unspecified atom stereocenters. The molecular formula is C11H15NO. The van der Waals surface area contributed by atoms with Gasteiger partial charge in [0.1, 0.15) is 5.75 Å². The van der Waals surface area contributed by atoms with E-state index in [9.17, 15) is 5.11 Å². The molecule has 70 valence electrons. The van der Waals surface area contributed by atoms with Crippen molar-refractivity contribution >= 4 is 0 Å². The van der Waals surface area contributed by atoms with Gasteiger partial charge in [-0.1, -0.05) is 12.1 Å². The molecule has 1 rings (SSSR count). The highest BCUT2D eigenvalue weighted by atomic mass is 16.3. The molecule has 0 aliphatic carbocycles. The van der Waals surface area contributed by atoms with Crippen molar-refractivity contribution in [2.45, 2.75) is 19.4 Å². The van der Waals surface area contributed by atoms with Gasteiger partial charge in [-0.25, -0.2) is 0 Å². The van der Waals surface area contributed by atoms with Crippen LogP contribution in [0.25, 0.3) is 0 Å². The van der Waals surface area contributed by atoms with Crippen LogP contribution in [0.4, 0.5) is 0 Å². The van der Waals surface area contributed by atoms with Gasteiger partial charge < -0.3 is 10.8 Å². The van der Waals surface area contributed by atoms with Crippen LogP contribution in [-0.2, 0) is 5.54 Å². The molecule has 2 nitrogen and oxygen atoms in total. The van der Waals surface area contributed by atoms with Gasteiger partial charge in [-0.15, -0.1) is 6.58 Å². The van der Waals surface area contributed by atoms with Gasteiger partial charge in [-0.2, -0.15) is 0 Å². The van der Waals surface area contributed by atoms with E-state index < -0.39 is 5.54 Å². The SMILES string of the molecule is C=CC(C)(N)c1ccc(O)cc1C. The maximum absolute atomic E-state index is 9.21. The van der Waals surface area contributed by atoms with Crippen molar-refractivity contribution < 1.29 is 5.11 Å². The number of hydrogen-bond acceptors (Lipinski definition) is 2. The number of benzene rings is 1. The van der Waals surface area contributed by atoms with Gasteiger partial charge in [-0.05, 0) is 37.1 Å². The number of aryl methyl sites for hydroxylation is 1. The molecule has 0 aromatic heterocycles. The Kier molecular flexibility index (Phi) is 2.43. The predicted molar refractivity (Wildman–Crippen MR) is 54.6 cm³/mol. The average Bonchev–Trinajstić information content (AvgIpc) is 2.03. The summed E-state index contributed by atoms with van der Waals surface area (Å²) in [6, 6.07) is 5.16. The highest BCUT2D eigenvalue weighted by Crippen LogP contribution is 2.25. The van der Waals surface area contributed by atoms with Gasteiger partial charge in [0.05, 0.1) is 5.54 Å². The van der Waals surface area contributed by atoms with Crippen molar-refractivity contribution in [2.24, 2.45) is 5.73 Å². The predicted octanol–water partition coefficient (Wildman–Crippen LogP) is 2.06. The molecule has 0 spiro atoms. The van der Waals surface area contributed by atoms with Crippen LogP contribution in [-0.4, -0.2) is 5.11 Å². The number of phenolic OH excluding ortho intramolecular Hbond substituents is 1. The molecule has 0 aliphatic rings. The van der Waals surface area contributed by atoms with Crippen molar-refractivity contribution in [1.82, 2.24) is 0 Å². The van der Waals surface area contributed by atoms with Gasteiger partial charge in [0, 0.05) is 0 Å². The molecule has 0 bridgehead atoms. The monoisotopic (exact) mass is 177 g/mol. The molecule has 0 amide bonds. The number of rotatable bonds is 2. The molecule has 1 aromatic carbocycles. The minimum atomic E-state index is -0.530. The first-order valence-corrected chi connectivity index (χ1v) is 4.20. The molecule has 0 heterocycles. The fourth-order valence-corrected chi connectivity index (χ4v) is 1.36. The summed E-state index contributed by atoms with van der Waals surface area (Å²) in [6.07, 6.45) is 1.70. The molecule has 0 saturated carbocycles. The lowest BCUT2D eigenvalue weighted by Crippen LogP contribution is -2.30. The lowest BCUT2D eigenvalue weighted by Gasteiger charge is -2.22. The zero-order valence-electron chi connectivity index (χ0n) is 8.04. The Morgan fingerprint density at radius 2 is 2.15 bits per heavy atom. The second kappa shape index (κ2) is 3.23. The van der Waals surface area contributed by atoms with Crippen LogP contribution in [0.1, 0.15) is 18.1 Å². The smallest absolute Gasteiger partial charge is 0.115 e. The molecular weight excluding hydrogens is 162 g/mol. The van der Waals surface area contributed by atoms with Gasteiger partial charge in [0.25, 0.3) is 0 Å². The lowest BCUT2D eigenvalue weighted by atomic mass is 9.90. The maximum atomic E-state index is 9.21. The highest BCUT2D eigenvalue weighted by molar-refractivity contribution is 5.39. The minimum absolute atomic E-state index is 0.265. The van der Waals surface area contributed by atoms with Crippen molar-refractivity contribution in [2.75, 3.05) is 0 Å². The zero-order chi connectivity index (χ0) is 10.1. The van der Waals surface area contributed by atoms with Crippen LogP contribution < -0.4 is 5.73 Å². The van der Waals surface area contributed by atoms with E-state index in [2.05, 4.69) is 6.58 Å². The van der Waals surface area contributed by atoms with Crippen LogP contribution in [0.5, 0.6) is 5.75 Å². The number of nitrogens with two attached hydrogens (primary N) is 1. The molecule has 0 fully saturated rings. The Hall–Kier alpha value is -1.28. The number of phenols is 1. The van der Waals surface area contributed by atoms with Crippen LogP contribution in [0.2, 0.25) is 0 Å². The Morgan fingerprint density at radius 1 is 1.54 bits per heavy atom. The first-order chi connectivity index (χ1) is 5.97.